The molecule has 0 aliphatic carbocycles. The smallest absolute Gasteiger partial charge is 0.873 e. The van der Waals surface area contributed by atoms with Gasteiger partial charge in [0.15, 0.2) is 0 Å². The van der Waals surface area contributed by atoms with Crippen LogP contribution in [-0.4, -0.2) is 11.4 Å². The van der Waals surface area contributed by atoms with Crippen molar-refractivity contribution < 1.29 is 26.7 Å². The molecule has 0 amide bonds. The summed E-state index contributed by atoms with van der Waals surface area (Å²) in [5, 5.41) is 21.8. The molecule has 0 unspecified atom stereocenters. The first-order valence-corrected chi connectivity index (χ1v) is 15.3. The van der Waals surface area contributed by atoms with Crippen LogP contribution in [0.2, 0.25) is 0 Å². The predicted molar refractivity (Wildman–Crippen MR) is 169 cm³/mol. The Kier molecular flexibility index (Phi) is 20.0. The molecule has 5 heteroatoms. The van der Waals surface area contributed by atoms with Crippen LogP contribution in [0.25, 0.3) is 0 Å². The third-order valence-corrected chi connectivity index (χ3v) is 6.74. The summed E-state index contributed by atoms with van der Waals surface area (Å²) in [7, 11) is 0. The number of rotatable bonds is 16. The van der Waals surface area contributed by atoms with Gasteiger partial charge >= 0.3 is 16.5 Å². The topological polar surface area (TPSA) is 70.8 Å². The van der Waals surface area contributed by atoms with Gasteiger partial charge in [-0.25, -0.2) is 0 Å². The number of aliphatic imine (C=N–C) groups is 2. The summed E-state index contributed by atoms with van der Waals surface area (Å²) >= 11 is 0. The Labute approximate surface area is 259 Å². The molecule has 0 saturated carbocycles. The molecule has 3 rings (SSSR count). The number of hydrogen-bond acceptors (Lipinski definition) is 4. The van der Waals surface area contributed by atoms with E-state index in [4.69, 9.17) is 9.98 Å². The molecular weight excluding hydrogens is 551 g/mol. The van der Waals surface area contributed by atoms with Crippen LogP contribution < -0.4 is 10.2 Å². The normalized spacial score (nSPS) is 11.4. The van der Waals surface area contributed by atoms with Crippen molar-refractivity contribution in [1.82, 2.24) is 0 Å². The van der Waals surface area contributed by atoms with E-state index in [1.54, 1.807) is 12.1 Å². The molecular formula is C36H48N2NiO2. The van der Waals surface area contributed by atoms with Crippen molar-refractivity contribution in [2.75, 3.05) is 0 Å². The average molecular weight is 599 g/mol. The van der Waals surface area contributed by atoms with Crippen LogP contribution in [0.15, 0.2) is 88.8 Å². The fraction of sp³-hybridized carbons (Fsp3) is 0.444. The quantitative estimate of drug-likeness (QED) is 0.0935. The Balaban J connectivity index is 0.000000588. The average Bonchev–Trinajstić information content (AvgIpc) is 2.98. The minimum Gasteiger partial charge on any atom is -0.873 e. The molecule has 0 aliphatic heterocycles. The van der Waals surface area contributed by atoms with Crippen molar-refractivity contribution in [3.05, 3.63) is 84.4 Å². The van der Waals surface area contributed by atoms with E-state index < -0.39 is 5.75 Å². The van der Waals surface area contributed by atoms with Gasteiger partial charge in [-0.15, -0.1) is 11.5 Å². The van der Waals surface area contributed by atoms with E-state index in [0.717, 1.165) is 30.6 Å². The zero-order chi connectivity index (χ0) is 28.8. The SMILES string of the molecule is CCCCCCCCC(=Nc1ccccc1)C(CCCCC)=Nc1ccccc1.CCCc1cccc([O-])c1[O-].[Ni+2]. The number of benzene rings is 3. The standard InChI is InChI=1S/C27H38N2.C9H12O2.Ni/c1-3-5-7-8-9-17-23-27(29-25-20-15-11-16-21-25)26(22-12-6-4-2)28-24-18-13-10-14-19-24;1-2-4-7-5-3-6-8(10)9(7)11;/h10-11,13-16,18-21H,3-9,12,17,22-23H2,1-2H3;3,5-6,10-11H,2,4H2,1H3;/q;;+2/p-2. The second-order valence-electron chi connectivity index (χ2n) is 10.3. The Morgan fingerprint density at radius 2 is 1.00 bits per heavy atom. The molecule has 224 valence electrons. The molecule has 4 nitrogen and oxygen atoms in total. The van der Waals surface area contributed by atoms with Crippen LogP contribution in [0.5, 0.6) is 11.5 Å². The van der Waals surface area contributed by atoms with Gasteiger partial charge in [-0.2, -0.15) is 0 Å². The van der Waals surface area contributed by atoms with Crippen LogP contribution in [-0.2, 0) is 22.9 Å². The van der Waals surface area contributed by atoms with Gasteiger partial charge in [-0.3, -0.25) is 9.98 Å². The maximum atomic E-state index is 11.0. The number of para-hydroxylation sites is 3. The van der Waals surface area contributed by atoms with E-state index >= 15 is 0 Å². The van der Waals surface area contributed by atoms with Gasteiger partial charge in [-0.1, -0.05) is 132 Å². The summed E-state index contributed by atoms with van der Waals surface area (Å²) in [5.41, 5.74) is 5.04. The second-order valence-corrected chi connectivity index (χ2v) is 10.3. The molecule has 0 aromatic heterocycles. The Morgan fingerprint density at radius 3 is 1.51 bits per heavy atom. The van der Waals surface area contributed by atoms with Crippen molar-refractivity contribution in [1.29, 1.82) is 0 Å². The maximum absolute atomic E-state index is 11.0. The minimum absolute atomic E-state index is 0. The number of aryl methyl sites for hydroxylation is 1. The number of nitrogens with zero attached hydrogens (tertiary/aromatic N) is 2. The molecule has 0 saturated heterocycles. The summed E-state index contributed by atoms with van der Waals surface area (Å²) in [6.07, 6.45) is 15.1. The zero-order valence-electron chi connectivity index (χ0n) is 25.2. The first-order valence-electron chi connectivity index (χ1n) is 15.3. The van der Waals surface area contributed by atoms with E-state index in [1.807, 2.05) is 19.1 Å². The van der Waals surface area contributed by atoms with Gasteiger partial charge in [0.2, 0.25) is 0 Å². The van der Waals surface area contributed by atoms with E-state index in [1.165, 1.54) is 75.3 Å². The molecule has 3 aromatic carbocycles. The first-order chi connectivity index (χ1) is 19.6. The summed E-state index contributed by atoms with van der Waals surface area (Å²) in [6.45, 7) is 6.51. The molecule has 0 radical (unpaired) electrons. The van der Waals surface area contributed by atoms with Crippen LogP contribution in [0.3, 0.4) is 0 Å². The van der Waals surface area contributed by atoms with Crippen molar-refractivity contribution in [2.45, 2.75) is 104 Å². The third-order valence-electron chi connectivity index (χ3n) is 6.74. The molecule has 0 aliphatic rings. The van der Waals surface area contributed by atoms with Crippen molar-refractivity contribution in [3.8, 4) is 11.5 Å². The Morgan fingerprint density at radius 1 is 0.537 bits per heavy atom. The zero-order valence-corrected chi connectivity index (χ0v) is 26.2. The maximum Gasteiger partial charge on any atom is 2.00 e. The predicted octanol–water partition coefficient (Wildman–Crippen LogP) is 9.65. The van der Waals surface area contributed by atoms with Gasteiger partial charge in [0, 0.05) is 0 Å². The van der Waals surface area contributed by atoms with E-state index in [-0.39, 0.29) is 22.2 Å². The van der Waals surface area contributed by atoms with Crippen molar-refractivity contribution >= 4 is 22.8 Å². The molecule has 0 bridgehead atoms. The van der Waals surface area contributed by atoms with Gasteiger partial charge < -0.3 is 10.2 Å². The van der Waals surface area contributed by atoms with Crippen LogP contribution in [0.4, 0.5) is 11.4 Å². The number of hydrogen-bond donors (Lipinski definition) is 0. The summed E-state index contributed by atoms with van der Waals surface area (Å²) < 4.78 is 0. The Hall–Kier alpha value is -2.91. The van der Waals surface area contributed by atoms with Crippen molar-refractivity contribution in [2.24, 2.45) is 9.98 Å². The van der Waals surface area contributed by atoms with Gasteiger partial charge in [0.25, 0.3) is 0 Å². The summed E-state index contributed by atoms with van der Waals surface area (Å²) in [5.74, 6) is -0.731. The summed E-state index contributed by atoms with van der Waals surface area (Å²) in [6, 6.07) is 25.4. The fourth-order valence-electron chi connectivity index (χ4n) is 4.49. The fourth-order valence-corrected chi connectivity index (χ4v) is 4.49. The van der Waals surface area contributed by atoms with Crippen LogP contribution in [0, 0.1) is 0 Å². The monoisotopic (exact) mass is 598 g/mol. The van der Waals surface area contributed by atoms with Crippen molar-refractivity contribution in [3.63, 3.8) is 0 Å². The largest absolute Gasteiger partial charge is 2.00 e. The molecule has 0 N–H and O–H groups in total. The second kappa shape index (κ2) is 22.7. The van der Waals surface area contributed by atoms with E-state index in [0.29, 0.717) is 12.0 Å². The molecule has 0 spiro atoms. The number of unbranched alkanes of at least 4 members (excludes halogenated alkanes) is 7. The van der Waals surface area contributed by atoms with Crippen LogP contribution in [0.1, 0.15) is 103 Å². The molecule has 0 heterocycles. The molecule has 41 heavy (non-hydrogen) atoms. The minimum atomic E-state index is -0.393. The van der Waals surface area contributed by atoms with E-state index in [2.05, 4.69) is 62.4 Å². The summed E-state index contributed by atoms with van der Waals surface area (Å²) in [4.78, 5) is 10.1. The van der Waals surface area contributed by atoms with Gasteiger partial charge in [-0.05, 0) is 56.4 Å². The molecule has 0 atom stereocenters. The third kappa shape index (κ3) is 15.1. The van der Waals surface area contributed by atoms with E-state index in [9.17, 15) is 10.2 Å². The molecule has 3 aromatic rings. The Bertz CT molecular complexity index is 1130. The van der Waals surface area contributed by atoms with Gasteiger partial charge in [0.1, 0.15) is 0 Å². The molecule has 0 fully saturated rings. The van der Waals surface area contributed by atoms with Crippen LogP contribution >= 0.6 is 0 Å². The van der Waals surface area contributed by atoms with Gasteiger partial charge in [0.05, 0.1) is 22.8 Å². The first kappa shape index (κ1) is 36.1.